The van der Waals surface area contributed by atoms with E-state index in [1.54, 1.807) is 14.2 Å². The van der Waals surface area contributed by atoms with Gasteiger partial charge in [0.25, 0.3) is 0 Å². The zero-order valence-electron chi connectivity index (χ0n) is 38.9. The summed E-state index contributed by atoms with van der Waals surface area (Å²) in [5.41, 5.74) is 2.87. The Labute approximate surface area is 401 Å². The van der Waals surface area contributed by atoms with Crippen LogP contribution in [0.1, 0.15) is 48.4 Å². The number of ketones is 2. The lowest BCUT2D eigenvalue weighted by molar-refractivity contribution is -0.318. The molecule has 2 aliphatic rings. The van der Waals surface area contributed by atoms with E-state index in [-0.39, 0.29) is 29.1 Å². The molecule has 3 heterocycles. The largest absolute Gasteiger partial charge is 0.508 e. The van der Waals surface area contributed by atoms with E-state index in [2.05, 4.69) is 0 Å². The quantitative estimate of drug-likeness (QED) is 0.0502. The highest BCUT2D eigenvalue weighted by Crippen LogP contribution is 2.40. The van der Waals surface area contributed by atoms with Crippen LogP contribution in [0.4, 0.5) is 0 Å². The molecule has 2 saturated heterocycles. The standard InChI is InChI=1S/C27H30O16.C23H28O4/c1-8-17(32)20(35)22(37)26(40-8)39-7-15-18(33)21(36)23(38)27(42-15)43-25-19(34)16-13(31)5-10(28)6-14(16)41-24(25)9-2-3-11(29)12(30)4-9;1-16-5-7-18(13-22(16)26-3)9-11-20(24)15-21(25)12-10-19-8-6-17(2)23(14-19)27-4/h2-6,8,15,17-18,20-23,26-33,35-38H,7H2,1H3;5-8,13-14H,9-12,15H2,1-4H3/t8-,15+,17-,18+,20+,21-,22+,23+,26+,27-;/m0./s1. The molecule has 2 aliphatic heterocycles. The lowest BCUT2D eigenvalue weighted by Gasteiger charge is -2.42. The molecule has 0 saturated carbocycles. The number of aryl methyl sites for hydroxylation is 4. The molecule has 0 radical (unpaired) electrons. The van der Waals surface area contributed by atoms with Crippen molar-refractivity contribution in [3.8, 4) is 51.6 Å². The van der Waals surface area contributed by atoms with Gasteiger partial charge >= 0.3 is 0 Å². The fourth-order valence-electron chi connectivity index (χ4n) is 7.84. The number of methoxy groups -OCH3 is 2. The van der Waals surface area contributed by atoms with Crippen molar-refractivity contribution in [2.45, 2.75) is 114 Å². The SMILES string of the molecule is COc1cc(CCC(=O)CC(=O)CCc2ccc(C)c(OC)c2)ccc1C.C[C@@H]1O[C@@H](OC[C@H]2O[C@@H](Oc3c(-c4ccc(O)c(O)c4)oc4cc(O)cc(O)c4c3=O)[C@H](O)[C@@H](O)[C@@H]2O)[C@H](O)[C@H](O)[C@H]1O. The molecule has 10 N–H and O–H groups in total. The van der Waals surface area contributed by atoms with E-state index in [0.29, 0.717) is 25.7 Å². The number of aromatic hydroxyl groups is 4. The van der Waals surface area contributed by atoms with Crippen LogP contribution < -0.4 is 19.6 Å². The van der Waals surface area contributed by atoms with Gasteiger partial charge in [0.05, 0.1) is 33.4 Å². The summed E-state index contributed by atoms with van der Waals surface area (Å²) in [4.78, 5) is 37.8. The lowest BCUT2D eigenvalue weighted by Crippen LogP contribution is -2.61. The number of phenols is 4. The Morgan fingerprint density at radius 3 is 1.77 bits per heavy atom. The second-order valence-electron chi connectivity index (χ2n) is 17.1. The molecule has 70 heavy (non-hydrogen) atoms. The van der Waals surface area contributed by atoms with Crippen molar-refractivity contribution in [2.75, 3.05) is 20.8 Å². The summed E-state index contributed by atoms with van der Waals surface area (Å²) >= 11 is 0. The van der Waals surface area contributed by atoms with Gasteiger partial charge in [-0.2, -0.15) is 0 Å². The van der Waals surface area contributed by atoms with E-state index in [1.165, 1.54) is 13.0 Å². The molecule has 0 unspecified atom stereocenters. The van der Waals surface area contributed by atoms with E-state index in [4.69, 9.17) is 32.8 Å². The predicted molar refractivity (Wildman–Crippen MR) is 247 cm³/mol. The van der Waals surface area contributed by atoms with Gasteiger partial charge in [-0.25, -0.2) is 0 Å². The van der Waals surface area contributed by atoms with Crippen molar-refractivity contribution in [1.29, 1.82) is 0 Å². The number of hydrogen-bond donors (Lipinski definition) is 10. The molecular formula is C50H58O20. The van der Waals surface area contributed by atoms with E-state index < -0.39 is 113 Å². The summed E-state index contributed by atoms with van der Waals surface area (Å²) in [6.45, 7) is 4.78. The smallest absolute Gasteiger partial charge is 0.239 e. The minimum absolute atomic E-state index is 0.00594. The maximum absolute atomic E-state index is 13.6. The van der Waals surface area contributed by atoms with Crippen LogP contribution in [0.25, 0.3) is 22.3 Å². The van der Waals surface area contributed by atoms with Crippen molar-refractivity contribution in [3.63, 3.8) is 0 Å². The van der Waals surface area contributed by atoms with Crippen molar-refractivity contribution in [2.24, 2.45) is 0 Å². The molecule has 7 rings (SSSR count). The van der Waals surface area contributed by atoms with Crippen LogP contribution in [0, 0.1) is 13.8 Å². The molecule has 20 heteroatoms. The number of aliphatic hydroxyl groups is 6. The molecule has 0 amide bonds. The van der Waals surface area contributed by atoms with Crippen molar-refractivity contribution < 1.29 is 93.5 Å². The molecule has 4 aromatic carbocycles. The van der Waals surface area contributed by atoms with Gasteiger partial charge in [-0.3, -0.25) is 14.4 Å². The first-order chi connectivity index (χ1) is 33.2. The van der Waals surface area contributed by atoms with Crippen molar-refractivity contribution in [1.82, 2.24) is 0 Å². The number of benzene rings is 4. The normalized spacial score (nSPS) is 24.3. The number of Topliss-reactive ketones (excluding diaryl/α,β-unsaturated/α-hetero) is 2. The van der Waals surface area contributed by atoms with Gasteiger partial charge < -0.3 is 83.9 Å². The van der Waals surface area contributed by atoms with Gasteiger partial charge in [-0.15, -0.1) is 0 Å². The third-order valence-electron chi connectivity index (χ3n) is 12.0. The van der Waals surface area contributed by atoms with Crippen LogP contribution in [-0.2, 0) is 36.6 Å². The first kappa shape index (κ1) is 53.0. The lowest BCUT2D eigenvalue weighted by atomic mass is 9.98. The molecule has 10 atom stereocenters. The monoisotopic (exact) mass is 978 g/mol. The van der Waals surface area contributed by atoms with Gasteiger partial charge in [0.15, 0.2) is 23.5 Å². The van der Waals surface area contributed by atoms with Crippen molar-refractivity contribution >= 4 is 22.5 Å². The third-order valence-corrected chi connectivity index (χ3v) is 12.0. The van der Waals surface area contributed by atoms with Gasteiger partial charge in [0.1, 0.15) is 88.3 Å². The molecule has 20 nitrogen and oxygen atoms in total. The summed E-state index contributed by atoms with van der Waals surface area (Å²) < 4.78 is 38.4. The zero-order valence-corrected chi connectivity index (χ0v) is 38.9. The number of aliphatic hydroxyl groups excluding tert-OH is 6. The Balaban J connectivity index is 0.000000256. The van der Waals surface area contributed by atoms with E-state index in [0.717, 1.165) is 58.0 Å². The summed E-state index contributed by atoms with van der Waals surface area (Å²) in [5, 5.41) is 101. The molecule has 0 spiro atoms. The van der Waals surface area contributed by atoms with Gasteiger partial charge in [0.2, 0.25) is 17.5 Å². The average Bonchev–Trinajstić information content (AvgIpc) is 3.33. The van der Waals surface area contributed by atoms with Crippen LogP contribution in [0.15, 0.2) is 75.9 Å². The molecule has 2 fully saturated rings. The highest BCUT2D eigenvalue weighted by atomic mass is 16.7. The topological polar surface area (TPSA) is 322 Å². The number of phenolic OH excluding ortho intramolecular Hbond substituents is 4. The highest BCUT2D eigenvalue weighted by Gasteiger charge is 2.48. The second kappa shape index (κ2) is 23.1. The Kier molecular flexibility index (Phi) is 17.5. The maximum Gasteiger partial charge on any atom is 0.239 e. The molecule has 0 bridgehead atoms. The van der Waals surface area contributed by atoms with Gasteiger partial charge in [-0.05, 0) is 86.2 Å². The Hall–Kier alpha value is -6.33. The van der Waals surface area contributed by atoms with Gasteiger partial charge in [-0.1, -0.05) is 24.3 Å². The molecule has 1 aromatic heterocycles. The molecule has 0 aliphatic carbocycles. The number of carbonyl (C=O) groups is 2. The van der Waals surface area contributed by atoms with Crippen LogP contribution in [-0.4, -0.2) is 145 Å². The number of ether oxygens (including phenoxy) is 6. The first-order valence-corrected chi connectivity index (χ1v) is 22.2. The van der Waals surface area contributed by atoms with E-state index in [1.807, 2.05) is 50.2 Å². The van der Waals surface area contributed by atoms with E-state index >= 15 is 0 Å². The van der Waals surface area contributed by atoms with Gasteiger partial charge in [0, 0.05) is 30.5 Å². The summed E-state index contributed by atoms with van der Waals surface area (Å²) in [6.07, 6.45) is -14.2. The number of hydrogen-bond acceptors (Lipinski definition) is 20. The first-order valence-electron chi connectivity index (χ1n) is 22.2. The minimum Gasteiger partial charge on any atom is -0.508 e. The Morgan fingerprint density at radius 1 is 0.629 bits per heavy atom. The maximum atomic E-state index is 13.6. The van der Waals surface area contributed by atoms with E-state index in [9.17, 15) is 65.4 Å². The fraction of sp³-hybridized carbons (Fsp3) is 0.420. The van der Waals surface area contributed by atoms with Crippen LogP contribution in [0.5, 0.6) is 40.2 Å². The predicted octanol–water partition coefficient (Wildman–Crippen LogP) is 2.73. The minimum atomic E-state index is -1.97. The highest BCUT2D eigenvalue weighted by molar-refractivity contribution is 5.99. The summed E-state index contributed by atoms with van der Waals surface area (Å²) in [6, 6.07) is 17.1. The zero-order chi connectivity index (χ0) is 51.1. The van der Waals surface area contributed by atoms with Crippen LogP contribution in [0.3, 0.4) is 0 Å². The number of rotatable bonds is 16. The summed E-state index contributed by atoms with van der Waals surface area (Å²) in [5.74, 6) is -1.71. The number of fused-ring (bicyclic) bond motifs is 1. The van der Waals surface area contributed by atoms with Crippen LogP contribution >= 0.6 is 0 Å². The fourth-order valence-corrected chi connectivity index (χ4v) is 7.84. The molecule has 5 aromatic rings. The molecule has 378 valence electrons. The molecular weight excluding hydrogens is 921 g/mol. The number of carbonyl (C=O) groups excluding carboxylic acids is 2. The average molecular weight is 979 g/mol. The third kappa shape index (κ3) is 12.3. The Bertz CT molecular complexity index is 2630. The Morgan fingerprint density at radius 2 is 1.20 bits per heavy atom. The van der Waals surface area contributed by atoms with Crippen molar-refractivity contribution in [3.05, 3.63) is 99.2 Å². The van der Waals surface area contributed by atoms with Crippen LogP contribution in [0.2, 0.25) is 0 Å². The summed E-state index contributed by atoms with van der Waals surface area (Å²) in [7, 11) is 3.28. The second-order valence-corrected chi connectivity index (χ2v) is 17.1.